The molecule has 0 aromatic rings. The number of hydrogen-bond acceptors (Lipinski definition) is 2. The Labute approximate surface area is 92.5 Å². The maximum Gasteiger partial charge on any atom is 0.411 e. The van der Waals surface area contributed by atoms with Crippen LogP contribution >= 0.6 is 0 Å². The highest BCUT2D eigenvalue weighted by Crippen LogP contribution is 2.13. The van der Waals surface area contributed by atoms with Gasteiger partial charge in [-0.1, -0.05) is 0 Å². The molecule has 7 heteroatoms. The van der Waals surface area contributed by atoms with Gasteiger partial charge in [0.05, 0.1) is 6.61 Å². The Hall–Kier alpha value is -0.980. The lowest BCUT2D eigenvalue weighted by Crippen LogP contribution is -2.47. The first-order valence-electron chi connectivity index (χ1n) is 4.81. The van der Waals surface area contributed by atoms with Gasteiger partial charge in [0.1, 0.15) is 6.61 Å². The van der Waals surface area contributed by atoms with Crippen LogP contribution in [0, 0.1) is 0 Å². The Morgan fingerprint density at radius 1 is 1.25 bits per heavy atom. The Bertz CT molecular complexity index is 224. The van der Waals surface area contributed by atoms with E-state index >= 15 is 0 Å². The van der Waals surface area contributed by atoms with E-state index < -0.39 is 18.8 Å². The fraction of sp³-hybridized carbons (Fsp3) is 0.889. The number of halogens is 3. The maximum atomic E-state index is 11.6. The van der Waals surface area contributed by atoms with Crippen LogP contribution in [0.25, 0.3) is 0 Å². The van der Waals surface area contributed by atoms with Crippen molar-refractivity contribution in [1.82, 2.24) is 10.6 Å². The molecule has 0 spiro atoms. The highest BCUT2D eigenvalue weighted by atomic mass is 19.4. The van der Waals surface area contributed by atoms with Crippen molar-refractivity contribution in [2.45, 2.75) is 32.5 Å². The molecule has 0 aliphatic heterocycles. The quantitative estimate of drug-likeness (QED) is 0.737. The van der Waals surface area contributed by atoms with Gasteiger partial charge in [0.15, 0.2) is 0 Å². The van der Waals surface area contributed by atoms with Crippen molar-refractivity contribution in [1.29, 1.82) is 0 Å². The summed E-state index contributed by atoms with van der Waals surface area (Å²) in [6, 6.07) is -0.428. The minimum Gasteiger partial charge on any atom is -0.370 e. The van der Waals surface area contributed by atoms with Crippen molar-refractivity contribution in [2.24, 2.45) is 0 Å². The summed E-state index contributed by atoms with van der Waals surface area (Å²) in [6.45, 7) is 3.97. The van der Waals surface area contributed by atoms with E-state index in [2.05, 4.69) is 15.4 Å². The third-order valence-corrected chi connectivity index (χ3v) is 1.29. The Morgan fingerprint density at radius 2 is 1.81 bits per heavy atom. The van der Waals surface area contributed by atoms with E-state index in [1.807, 2.05) is 0 Å². The summed E-state index contributed by atoms with van der Waals surface area (Å²) >= 11 is 0. The predicted molar refractivity (Wildman–Crippen MR) is 53.2 cm³/mol. The van der Waals surface area contributed by atoms with E-state index in [1.165, 1.54) is 0 Å². The first-order valence-corrected chi connectivity index (χ1v) is 4.81. The second-order valence-electron chi connectivity index (χ2n) is 4.30. The van der Waals surface area contributed by atoms with Crippen molar-refractivity contribution in [3.63, 3.8) is 0 Å². The van der Waals surface area contributed by atoms with Crippen LogP contribution in [-0.2, 0) is 4.74 Å². The second kappa shape index (κ2) is 5.93. The topological polar surface area (TPSA) is 50.4 Å². The summed E-state index contributed by atoms with van der Waals surface area (Å²) in [6.07, 6.45) is -4.33. The van der Waals surface area contributed by atoms with E-state index in [-0.39, 0.29) is 18.7 Å². The maximum absolute atomic E-state index is 11.6. The average molecular weight is 242 g/mol. The smallest absolute Gasteiger partial charge is 0.370 e. The Kier molecular flexibility index (Phi) is 5.57. The molecule has 0 bridgehead atoms. The average Bonchev–Trinajstić information content (AvgIpc) is 1.97. The summed E-state index contributed by atoms with van der Waals surface area (Å²) < 4.78 is 39.2. The first-order chi connectivity index (χ1) is 7.10. The SMILES string of the molecule is CC(C)(C)NC(=O)NCCOCC(F)(F)F. The van der Waals surface area contributed by atoms with E-state index in [9.17, 15) is 18.0 Å². The number of urea groups is 1. The van der Waals surface area contributed by atoms with Crippen LogP contribution in [0.3, 0.4) is 0 Å². The number of amides is 2. The van der Waals surface area contributed by atoms with Crippen molar-refractivity contribution >= 4 is 6.03 Å². The fourth-order valence-electron chi connectivity index (χ4n) is 0.809. The molecule has 0 aliphatic rings. The molecule has 0 saturated carbocycles. The number of rotatable bonds is 4. The Morgan fingerprint density at radius 3 is 2.25 bits per heavy atom. The van der Waals surface area contributed by atoms with Crippen LogP contribution < -0.4 is 10.6 Å². The van der Waals surface area contributed by atoms with Crippen molar-refractivity contribution in [3.8, 4) is 0 Å². The van der Waals surface area contributed by atoms with Gasteiger partial charge in [0.2, 0.25) is 0 Å². The second-order valence-corrected chi connectivity index (χ2v) is 4.30. The minimum absolute atomic E-state index is 0.0397. The zero-order valence-electron chi connectivity index (χ0n) is 9.57. The largest absolute Gasteiger partial charge is 0.411 e. The molecule has 0 aromatic heterocycles. The normalized spacial score (nSPS) is 12.4. The van der Waals surface area contributed by atoms with Gasteiger partial charge in [-0.25, -0.2) is 4.79 Å². The van der Waals surface area contributed by atoms with Crippen LogP contribution in [-0.4, -0.2) is 37.5 Å². The molecule has 0 fully saturated rings. The fourth-order valence-corrected chi connectivity index (χ4v) is 0.809. The standard InChI is InChI=1S/C9H17F3N2O2/c1-8(2,3)14-7(15)13-4-5-16-6-9(10,11)12/h4-6H2,1-3H3,(H2,13,14,15). The van der Waals surface area contributed by atoms with Crippen LogP contribution in [0.4, 0.5) is 18.0 Å². The number of nitrogens with one attached hydrogen (secondary N) is 2. The highest BCUT2D eigenvalue weighted by Gasteiger charge is 2.27. The molecular formula is C9H17F3N2O2. The Balaban J connectivity index is 3.50. The molecular weight excluding hydrogens is 225 g/mol. The molecule has 0 aromatic carbocycles. The third-order valence-electron chi connectivity index (χ3n) is 1.29. The third kappa shape index (κ3) is 11.1. The van der Waals surface area contributed by atoms with Gasteiger partial charge in [-0.15, -0.1) is 0 Å². The van der Waals surface area contributed by atoms with Gasteiger partial charge >= 0.3 is 12.2 Å². The molecule has 0 atom stereocenters. The number of ether oxygens (including phenoxy) is 1. The zero-order chi connectivity index (χ0) is 12.8. The lowest BCUT2D eigenvalue weighted by atomic mass is 10.1. The minimum atomic E-state index is -4.33. The first kappa shape index (κ1) is 15.0. The van der Waals surface area contributed by atoms with Gasteiger partial charge in [0, 0.05) is 12.1 Å². The van der Waals surface area contributed by atoms with E-state index in [0.29, 0.717) is 0 Å². The van der Waals surface area contributed by atoms with Crippen molar-refractivity contribution in [3.05, 3.63) is 0 Å². The lowest BCUT2D eigenvalue weighted by Gasteiger charge is -2.20. The number of hydrogen-bond donors (Lipinski definition) is 2. The molecule has 2 amide bonds. The molecule has 0 rings (SSSR count). The molecule has 0 unspecified atom stereocenters. The van der Waals surface area contributed by atoms with E-state index in [1.54, 1.807) is 20.8 Å². The molecule has 0 saturated heterocycles. The van der Waals surface area contributed by atoms with E-state index in [4.69, 9.17) is 0 Å². The van der Waals surface area contributed by atoms with Gasteiger partial charge in [-0.3, -0.25) is 0 Å². The van der Waals surface area contributed by atoms with Gasteiger partial charge in [0.25, 0.3) is 0 Å². The summed E-state index contributed by atoms with van der Waals surface area (Å²) in [7, 11) is 0. The van der Waals surface area contributed by atoms with Crippen LogP contribution in [0.1, 0.15) is 20.8 Å². The molecule has 4 nitrogen and oxygen atoms in total. The molecule has 0 radical (unpaired) electrons. The summed E-state index contributed by atoms with van der Waals surface area (Å²) in [4.78, 5) is 11.1. The van der Waals surface area contributed by atoms with Gasteiger partial charge < -0.3 is 15.4 Å². The summed E-state index contributed by atoms with van der Waals surface area (Å²) in [5, 5.41) is 4.98. The monoisotopic (exact) mass is 242 g/mol. The lowest BCUT2D eigenvalue weighted by molar-refractivity contribution is -0.173. The van der Waals surface area contributed by atoms with Crippen molar-refractivity contribution in [2.75, 3.05) is 19.8 Å². The van der Waals surface area contributed by atoms with E-state index in [0.717, 1.165) is 0 Å². The zero-order valence-corrected chi connectivity index (χ0v) is 9.57. The number of alkyl halides is 3. The number of carbonyl (C=O) groups excluding carboxylic acids is 1. The predicted octanol–water partition coefficient (Wildman–Crippen LogP) is 1.66. The van der Waals surface area contributed by atoms with Crippen molar-refractivity contribution < 1.29 is 22.7 Å². The summed E-state index contributed by atoms with van der Waals surface area (Å²) in [5.74, 6) is 0. The highest BCUT2D eigenvalue weighted by molar-refractivity contribution is 5.74. The molecule has 0 heterocycles. The van der Waals surface area contributed by atoms with Crippen LogP contribution in [0.2, 0.25) is 0 Å². The van der Waals surface area contributed by atoms with Gasteiger partial charge in [-0.2, -0.15) is 13.2 Å². The van der Waals surface area contributed by atoms with Gasteiger partial charge in [-0.05, 0) is 20.8 Å². The van der Waals surface area contributed by atoms with Crippen LogP contribution in [0.15, 0.2) is 0 Å². The molecule has 0 aliphatic carbocycles. The summed E-state index contributed by atoms with van der Waals surface area (Å²) in [5.41, 5.74) is -0.378. The number of carbonyl (C=O) groups is 1. The molecule has 16 heavy (non-hydrogen) atoms. The molecule has 2 N–H and O–H groups in total. The molecule has 96 valence electrons. The van der Waals surface area contributed by atoms with Crippen LogP contribution in [0.5, 0.6) is 0 Å².